The van der Waals surface area contributed by atoms with Crippen molar-refractivity contribution in [2.75, 3.05) is 25.0 Å². The van der Waals surface area contributed by atoms with Gasteiger partial charge in [-0.15, -0.1) is 0 Å². The standard InChI is InChI=1S/C28H33N3O4S/c1-19-9-13-25(14-10-19)30(5)28(32)24-7-6-16-31(18-24)36(33,34)27-22(4)29-35-26(27)15-12-23-17-20(2)8-11-21(23)3/h8-15,17,24H,6-7,16,18H2,1-5H3/b15-12+/t24-/m1/s1. The maximum absolute atomic E-state index is 13.7. The van der Waals surface area contributed by atoms with Crippen LogP contribution in [-0.4, -0.2) is 43.9 Å². The van der Waals surface area contributed by atoms with E-state index in [9.17, 15) is 13.2 Å². The van der Waals surface area contributed by atoms with Crippen molar-refractivity contribution < 1.29 is 17.7 Å². The van der Waals surface area contributed by atoms with Crippen LogP contribution in [-0.2, 0) is 14.8 Å². The number of carbonyl (C=O) groups is 1. The van der Waals surface area contributed by atoms with Gasteiger partial charge in [-0.2, -0.15) is 4.31 Å². The highest BCUT2D eigenvalue weighted by Crippen LogP contribution is 2.30. The first-order chi connectivity index (χ1) is 17.1. The van der Waals surface area contributed by atoms with Crippen LogP contribution in [0.5, 0.6) is 0 Å². The minimum Gasteiger partial charge on any atom is -0.355 e. The Bertz CT molecular complexity index is 1390. The van der Waals surface area contributed by atoms with Crippen LogP contribution in [0.25, 0.3) is 12.2 Å². The minimum absolute atomic E-state index is 0.0593. The van der Waals surface area contributed by atoms with Crippen LogP contribution in [0.2, 0.25) is 0 Å². The summed E-state index contributed by atoms with van der Waals surface area (Å²) in [5.41, 5.74) is 5.38. The van der Waals surface area contributed by atoms with Crippen molar-refractivity contribution in [1.82, 2.24) is 9.46 Å². The third-order valence-corrected chi connectivity index (χ3v) is 8.79. The molecule has 1 aromatic heterocycles. The van der Waals surface area contributed by atoms with Gasteiger partial charge in [0.05, 0.1) is 5.92 Å². The molecule has 7 nitrogen and oxygen atoms in total. The van der Waals surface area contributed by atoms with Crippen molar-refractivity contribution in [3.63, 3.8) is 0 Å². The summed E-state index contributed by atoms with van der Waals surface area (Å²) in [6.07, 6.45) is 4.76. The number of benzene rings is 2. The smallest absolute Gasteiger partial charge is 0.248 e. The zero-order valence-electron chi connectivity index (χ0n) is 21.5. The highest BCUT2D eigenvalue weighted by atomic mass is 32.2. The van der Waals surface area contributed by atoms with Gasteiger partial charge in [-0.25, -0.2) is 8.42 Å². The summed E-state index contributed by atoms with van der Waals surface area (Å²) in [6.45, 7) is 8.11. The van der Waals surface area contributed by atoms with Gasteiger partial charge in [-0.3, -0.25) is 4.79 Å². The topological polar surface area (TPSA) is 83.7 Å². The van der Waals surface area contributed by atoms with E-state index in [1.165, 1.54) is 4.31 Å². The van der Waals surface area contributed by atoms with Gasteiger partial charge in [-0.05, 0) is 69.9 Å². The Morgan fingerprint density at radius 3 is 2.47 bits per heavy atom. The Hall–Kier alpha value is -3.23. The number of aromatic nitrogens is 1. The Balaban J connectivity index is 1.57. The molecule has 0 N–H and O–H groups in total. The molecule has 36 heavy (non-hydrogen) atoms. The van der Waals surface area contributed by atoms with Gasteiger partial charge in [0.1, 0.15) is 5.69 Å². The minimum atomic E-state index is -3.91. The molecule has 0 aliphatic carbocycles. The monoisotopic (exact) mass is 507 g/mol. The fourth-order valence-corrected chi connectivity index (χ4v) is 6.34. The lowest BCUT2D eigenvalue weighted by Gasteiger charge is -2.33. The molecule has 0 unspecified atom stereocenters. The molecule has 2 heterocycles. The largest absolute Gasteiger partial charge is 0.355 e. The average Bonchev–Trinajstić information content (AvgIpc) is 3.25. The van der Waals surface area contributed by atoms with E-state index in [-0.39, 0.29) is 23.1 Å². The number of carbonyl (C=O) groups excluding carboxylic acids is 1. The van der Waals surface area contributed by atoms with E-state index in [1.54, 1.807) is 24.9 Å². The van der Waals surface area contributed by atoms with Gasteiger partial charge in [0, 0.05) is 25.8 Å². The van der Waals surface area contributed by atoms with Gasteiger partial charge in [-0.1, -0.05) is 52.7 Å². The predicted molar refractivity (Wildman–Crippen MR) is 142 cm³/mol. The molecule has 0 radical (unpaired) electrons. The molecule has 1 aliphatic heterocycles. The molecule has 190 valence electrons. The summed E-state index contributed by atoms with van der Waals surface area (Å²) in [5, 5.41) is 3.95. The van der Waals surface area contributed by atoms with Crippen LogP contribution in [0.4, 0.5) is 5.69 Å². The Morgan fingerprint density at radius 2 is 1.75 bits per heavy atom. The van der Waals surface area contributed by atoms with E-state index in [4.69, 9.17) is 4.52 Å². The number of aryl methyl sites for hydroxylation is 4. The quantitative estimate of drug-likeness (QED) is 0.461. The lowest BCUT2D eigenvalue weighted by Crippen LogP contribution is -2.46. The molecule has 0 bridgehead atoms. The van der Waals surface area contributed by atoms with Crippen molar-refractivity contribution in [1.29, 1.82) is 0 Å². The van der Waals surface area contributed by atoms with E-state index in [2.05, 4.69) is 5.16 Å². The van der Waals surface area contributed by atoms with E-state index >= 15 is 0 Å². The third kappa shape index (κ3) is 5.29. The Kier molecular flexibility index (Phi) is 7.47. The van der Waals surface area contributed by atoms with Crippen LogP contribution in [0.1, 0.15) is 46.5 Å². The molecular weight excluding hydrogens is 474 g/mol. The van der Waals surface area contributed by atoms with Gasteiger partial charge >= 0.3 is 0 Å². The summed E-state index contributed by atoms with van der Waals surface area (Å²) in [7, 11) is -2.17. The maximum atomic E-state index is 13.7. The third-order valence-electron chi connectivity index (χ3n) is 6.77. The fourth-order valence-electron chi connectivity index (χ4n) is 4.56. The van der Waals surface area contributed by atoms with Crippen molar-refractivity contribution in [3.05, 3.63) is 76.2 Å². The molecule has 0 spiro atoms. The molecule has 3 aromatic rings. The van der Waals surface area contributed by atoms with Crippen molar-refractivity contribution in [3.8, 4) is 0 Å². The van der Waals surface area contributed by atoms with E-state index < -0.39 is 15.9 Å². The van der Waals surface area contributed by atoms with Gasteiger partial charge < -0.3 is 9.42 Å². The molecule has 1 fully saturated rings. The van der Waals surface area contributed by atoms with Gasteiger partial charge in [0.15, 0.2) is 10.7 Å². The maximum Gasteiger partial charge on any atom is 0.248 e. The number of amides is 1. The molecular formula is C28H33N3O4S. The number of hydrogen-bond donors (Lipinski definition) is 0. The Morgan fingerprint density at radius 1 is 1.06 bits per heavy atom. The number of sulfonamides is 1. The number of anilines is 1. The van der Waals surface area contributed by atoms with E-state index in [1.807, 2.05) is 69.3 Å². The first kappa shape index (κ1) is 25.9. The van der Waals surface area contributed by atoms with Crippen LogP contribution < -0.4 is 4.90 Å². The van der Waals surface area contributed by atoms with E-state index in [0.29, 0.717) is 25.1 Å². The zero-order chi connectivity index (χ0) is 26.0. The molecule has 2 aromatic carbocycles. The summed E-state index contributed by atoms with van der Waals surface area (Å²) in [5.74, 6) is -0.316. The highest BCUT2D eigenvalue weighted by Gasteiger charge is 2.37. The van der Waals surface area contributed by atoms with Crippen LogP contribution in [0.15, 0.2) is 51.9 Å². The molecule has 1 aliphatic rings. The van der Waals surface area contributed by atoms with Crippen molar-refractivity contribution >= 4 is 33.8 Å². The summed E-state index contributed by atoms with van der Waals surface area (Å²) >= 11 is 0. The lowest BCUT2D eigenvalue weighted by molar-refractivity contribution is -0.123. The second kappa shape index (κ2) is 10.4. The van der Waals surface area contributed by atoms with Crippen LogP contribution >= 0.6 is 0 Å². The van der Waals surface area contributed by atoms with Crippen molar-refractivity contribution in [2.24, 2.45) is 5.92 Å². The molecule has 8 heteroatoms. The van der Waals surface area contributed by atoms with E-state index in [0.717, 1.165) is 27.9 Å². The van der Waals surface area contributed by atoms with Crippen LogP contribution in [0, 0.1) is 33.6 Å². The summed E-state index contributed by atoms with van der Waals surface area (Å²) in [6, 6.07) is 13.8. The molecule has 1 saturated heterocycles. The summed E-state index contributed by atoms with van der Waals surface area (Å²) < 4.78 is 34.3. The van der Waals surface area contributed by atoms with Crippen LogP contribution in [0.3, 0.4) is 0 Å². The zero-order valence-corrected chi connectivity index (χ0v) is 22.3. The number of hydrogen-bond acceptors (Lipinski definition) is 5. The lowest BCUT2D eigenvalue weighted by atomic mass is 9.98. The molecule has 1 atom stereocenters. The molecule has 4 rings (SSSR count). The molecule has 0 saturated carbocycles. The number of piperidine rings is 1. The predicted octanol–water partition coefficient (Wildman–Crippen LogP) is 5.14. The average molecular weight is 508 g/mol. The SMILES string of the molecule is Cc1ccc(N(C)C(=O)[C@@H]2CCCN(S(=O)(=O)c3c(C)noc3/C=C/c3cc(C)ccc3C)C2)cc1. The van der Waals surface area contributed by atoms with Crippen molar-refractivity contribution in [2.45, 2.75) is 45.4 Å². The number of rotatable bonds is 6. The second-order valence-corrected chi connectivity index (χ2v) is 11.5. The first-order valence-electron chi connectivity index (χ1n) is 12.1. The fraction of sp³-hybridized carbons (Fsp3) is 0.357. The van der Waals surface area contributed by atoms with Gasteiger partial charge in [0.25, 0.3) is 0 Å². The normalized spacial score (nSPS) is 17.0. The summed E-state index contributed by atoms with van der Waals surface area (Å²) in [4.78, 5) is 14.9. The highest BCUT2D eigenvalue weighted by molar-refractivity contribution is 7.89. The van der Waals surface area contributed by atoms with Gasteiger partial charge in [0.2, 0.25) is 15.9 Å². The number of nitrogens with zero attached hydrogens (tertiary/aromatic N) is 3. The first-order valence-corrected chi connectivity index (χ1v) is 13.6. The molecule has 1 amide bonds. The Labute approximate surface area is 213 Å². The second-order valence-electron chi connectivity index (χ2n) is 9.59.